The van der Waals surface area contributed by atoms with Crippen molar-refractivity contribution >= 4 is 15.9 Å². The van der Waals surface area contributed by atoms with E-state index in [0.29, 0.717) is 32.6 Å². The van der Waals surface area contributed by atoms with Gasteiger partial charge in [0.2, 0.25) is 15.9 Å². The largest absolute Gasteiger partial charge is 0.340 e. The first-order chi connectivity index (χ1) is 10.2. The molecule has 1 rings (SSSR count). The lowest BCUT2D eigenvalue weighted by Gasteiger charge is -2.38. The van der Waals surface area contributed by atoms with Crippen LogP contribution >= 0.6 is 0 Å². The summed E-state index contributed by atoms with van der Waals surface area (Å²) in [5, 5.41) is 0. The molecule has 6 heteroatoms. The first-order valence-electron chi connectivity index (χ1n) is 8.47. The van der Waals surface area contributed by atoms with E-state index in [2.05, 4.69) is 6.92 Å². The number of piperazine rings is 1. The molecule has 0 N–H and O–H groups in total. The summed E-state index contributed by atoms with van der Waals surface area (Å²) in [6.07, 6.45) is 6.36. The van der Waals surface area contributed by atoms with Crippen molar-refractivity contribution in [3.63, 3.8) is 0 Å². The molecule has 0 radical (unpaired) electrons. The fraction of sp³-hybridized carbons (Fsp3) is 0.938. The Morgan fingerprint density at radius 1 is 1.00 bits per heavy atom. The summed E-state index contributed by atoms with van der Waals surface area (Å²) in [5.74, 6) is 0.0206. The Balaban J connectivity index is 2.55. The topological polar surface area (TPSA) is 57.7 Å². The molecule has 0 aromatic rings. The Labute approximate surface area is 136 Å². The Kier molecular flexibility index (Phi) is 7.32. The zero-order valence-electron chi connectivity index (χ0n) is 14.6. The molecule has 0 spiro atoms. The van der Waals surface area contributed by atoms with Gasteiger partial charge in [0.15, 0.2) is 0 Å². The Morgan fingerprint density at radius 3 is 2.05 bits per heavy atom. The van der Waals surface area contributed by atoms with Crippen molar-refractivity contribution in [2.75, 3.05) is 26.2 Å². The molecule has 0 atom stereocenters. The average Bonchev–Trinajstić information content (AvgIpc) is 2.46. The summed E-state index contributed by atoms with van der Waals surface area (Å²) >= 11 is 0. The molecule has 22 heavy (non-hydrogen) atoms. The molecular weight excluding hydrogens is 300 g/mol. The van der Waals surface area contributed by atoms with Crippen molar-refractivity contribution in [1.82, 2.24) is 9.21 Å². The van der Waals surface area contributed by atoms with Crippen LogP contribution in [0.4, 0.5) is 0 Å². The van der Waals surface area contributed by atoms with Crippen LogP contribution in [-0.4, -0.2) is 54.5 Å². The second-order valence-electron chi connectivity index (χ2n) is 6.83. The summed E-state index contributed by atoms with van der Waals surface area (Å²) in [4.78, 5) is 13.0. The Bertz CT molecular complexity index is 452. The lowest BCUT2D eigenvalue weighted by Crippen LogP contribution is -2.54. The number of sulfonamides is 1. The van der Waals surface area contributed by atoms with Gasteiger partial charge in [0, 0.05) is 33.1 Å². The molecule has 0 aromatic heterocycles. The highest BCUT2D eigenvalue weighted by Crippen LogP contribution is 2.28. The van der Waals surface area contributed by atoms with Gasteiger partial charge < -0.3 is 4.90 Å². The third-order valence-corrected chi connectivity index (χ3v) is 7.25. The van der Waals surface area contributed by atoms with Gasteiger partial charge in [-0.2, -0.15) is 4.31 Å². The fourth-order valence-electron chi connectivity index (χ4n) is 2.88. The highest BCUT2D eigenvalue weighted by Gasteiger charge is 2.40. The van der Waals surface area contributed by atoms with E-state index in [9.17, 15) is 13.2 Å². The normalized spacial score (nSPS) is 17.7. The van der Waals surface area contributed by atoms with Gasteiger partial charge in [0.25, 0.3) is 0 Å². The molecule has 1 amide bonds. The van der Waals surface area contributed by atoms with Crippen LogP contribution in [0.5, 0.6) is 0 Å². The molecule has 0 aromatic carbocycles. The minimum Gasteiger partial charge on any atom is -0.340 e. The Hall–Kier alpha value is -0.620. The van der Waals surface area contributed by atoms with E-state index < -0.39 is 14.8 Å². The Morgan fingerprint density at radius 2 is 1.55 bits per heavy atom. The number of hydrogen-bond donors (Lipinski definition) is 0. The fourth-order valence-corrected chi connectivity index (χ4v) is 4.62. The van der Waals surface area contributed by atoms with Gasteiger partial charge in [-0.3, -0.25) is 4.79 Å². The van der Waals surface area contributed by atoms with Crippen molar-refractivity contribution in [1.29, 1.82) is 0 Å². The molecule has 1 fully saturated rings. The maximum atomic E-state index is 12.8. The summed E-state index contributed by atoms with van der Waals surface area (Å²) in [6.45, 7) is 9.21. The third kappa shape index (κ3) is 4.95. The van der Waals surface area contributed by atoms with Crippen LogP contribution in [0.3, 0.4) is 0 Å². The van der Waals surface area contributed by atoms with Crippen LogP contribution in [0, 0.1) is 0 Å². The van der Waals surface area contributed by atoms with Gasteiger partial charge in [-0.15, -0.1) is 0 Å². The summed E-state index contributed by atoms with van der Waals surface area (Å²) in [5.41, 5.74) is 0. The smallest absolute Gasteiger partial charge is 0.219 e. The van der Waals surface area contributed by atoms with E-state index in [1.807, 2.05) is 13.8 Å². The molecule has 1 heterocycles. The van der Waals surface area contributed by atoms with Crippen molar-refractivity contribution < 1.29 is 13.2 Å². The average molecular weight is 333 g/mol. The van der Waals surface area contributed by atoms with Crippen LogP contribution < -0.4 is 0 Å². The van der Waals surface area contributed by atoms with E-state index >= 15 is 0 Å². The van der Waals surface area contributed by atoms with Gasteiger partial charge >= 0.3 is 0 Å². The number of nitrogens with zero attached hydrogens (tertiary/aromatic N) is 2. The predicted octanol–water partition coefficient (Wildman–Crippen LogP) is 2.62. The van der Waals surface area contributed by atoms with Crippen molar-refractivity contribution in [3.05, 3.63) is 0 Å². The van der Waals surface area contributed by atoms with Crippen LogP contribution in [0.25, 0.3) is 0 Å². The first-order valence-corrected chi connectivity index (χ1v) is 9.91. The summed E-state index contributed by atoms with van der Waals surface area (Å²) in [6, 6.07) is 0. The number of unbranched alkanes of at least 4 members (excludes halogenated alkanes) is 4. The second-order valence-corrected chi connectivity index (χ2v) is 9.41. The zero-order chi connectivity index (χ0) is 16.8. The van der Waals surface area contributed by atoms with Crippen molar-refractivity contribution in [3.8, 4) is 0 Å². The minimum atomic E-state index is -3.31. The van der Waals surface area contributed by atoms with Crippen LogP contribution in [-0.2, 0) is 14.8 Å². The van der Waals surface area contributed by atoms with Crippen LogP contribution in [0.2, 0.25) is 0 Å². The van der Waals surface area contributed by atoms with Gasteiger partial charge in [-0.25, -0.2) is 8.42 Å². The molecule has 1 aliphatic rings. The standard InChI is InChI=1S/C16H32N2O3S/c1-5-6-7-8-9-10-16(3,4)22(20,21)18-13-11-17(12-14-18)15(2)19/h5-14H2,1-4H3. The maximum Gasteiger partial charge on any atom is 0.219 e. The zero-order valence-corrected chi connectivity index (χ0v) is 15.4. The van der Waals surface area contributed by atoms with E-state index in [1.54, 1.807) is 9.21 Å². The molecule has 0 bridgehead atoms. The van der Waals surface area contributed by atoms with Gasteiger partial charge in [0.05, 0.1) is 4.75 Å². The molecule has 5 nitrogen and oxygen atoms in total. The number of hydrogen-bond acceptors (Lipinski definition) is 3. The van der Waals surface area contributed by atoms with Crippen molar-refractivity contribution in [2.45, 2.75) is 71.0 Å². The third-order valence-electron chi connectivity index (χ3n) is 4.60. The highest BCUT2D eigenvalue weighted by molar-refractivity contribution is 7.90. The lowest BCUT2D eigenvalue weighted by atomic mass is 10.0. The van der Waals surface area contributed by atoms with Gasteiger partial charge in [-0.1, -0.05) is 39.0 Å². The molecule has 0 saturated carbocycles. The monoisotopic (exact) mass is 332 g/mol. The minimum absolute atomic E-state index is 0.0206. The van der Waals surface area contributed by atoms with Crippen LogP contribution in [0.15, 0.2) is 0 Å². The molecule has 0 unspecified atom stereocenters. The van der Waals surface area contributed by atoms with E-state index in [1.165, 1.54) is 26.2 Å². The summed E-state index contributed by atoms with van der Waals surface area (Å²) in [7, 11) is -3.31. The second kappa shape index (κ2) is 8.29. The number of carbonyl (C=O) groups is 1. The SMILES string of the molecule is CCCCCCCC(C)(C)S(=O)(=O)N1CCN(C(C)=O)CC1. The molecule has 130 valence electrons. The van der Waals surface area contributed by atoms with Crippen molar-refractivity contribution in [2.24, 2.45) is 0 Å². The quantitative estimate of drug-likeness (QED) is 0.642. The van der Waals surface area contributed by atoms with Gasteiger partial charge in [0.1, 0.15) is 0 Å². The van der Waals surface area contributed by atoms with E-state index in [4.69, 9.17) is 0 Å². The maximum absolute atomic E-state index is 12.8. The predicted molar refractivity (Wildman–Crippen MR) is 90.2 cm³/mol. The number of amides is 1. The van der Waals surface area contributed by atoms with E-state index in [-0.39, 0.29) is 5.91 Å². The summed E-state index contributed by atoms with van der Waals surface area (Å²) < 4.78 is 26.5. The molecule has 1 saturated heterocycles. The van der Waals surface area contributed by atoms with Crippen LogP contribution in [0.1, 0.15) is 66.2 Å². The highest BCUT2D eigenvalue weighted by atomic mass is 32.2. The first kappa shape index (κ1) is 19.4. The van der Waals surface area contributed by atoms with Gasteiger partial charge in [-0.05, 0) is 20.3 Å². The van der Waals surface area contributed by atoms with E-state index in [0.717, 1.165) is 12.8 Å². The number of rotatable bonds is 8. The molecule has 1 aliphatic heterocycles. The molecule has 0 aliphatic carbocycles. The number of carbonyl (C=O) groups excluding carboxylic acids is 1. The lowest BCUT2D eigenvalue weighted by molar-refractivity contribution is -0.129. The molecular formula is C16H32N2O3S.